The number of aromatic nitrogens is 1. The van der Waals surface area contributed by atoms with Crippen molar-refractivity contribution < 1.29 is 14.3 Å². The summed E-state index contributed by atoms with van der Waals surface area (Å²) in [7, 11) is 0. The van der Waals surface area contributed by atoms with Gasteiger partial charge in [0, 0.05) is 4.88 Å². The number of nitrogens with zero attached hydrogens (tertiary/aromatic N) is 1. The van der Waals surface area contributed by atoms with E-state index in [1.807, 2.05) is 13.8 Å². The first-order valence-corrected chi connectivity index (χ1v) is 6.19. The third kappa shape index (κ3) is 4.52. The monoisotopic (exact) mass is 256 g/mol. The molecule has 6 heteroatoms. The van der Waals surface area contributed by atoms with Crippen LogP contribution in [0.3, 0.4) is 0 Å². The van der Waals surface area contributed by atoms with Gasteiger partial charge in [0.2, 0.25) is 5.91 Å². The average Bonchev–Trinajstić information content (AvgIpc) is 2.56. The molecule has 0 unspecified atom stereocenters. The number of esters is 1. The number of hydrogen-bond donors (Lipinski definition) is 1. The first-order chi connectivity index (χ1) is 8.02. The van der Waals surface area contributed by atoms with E-state index in [2.05, 4.69) is 15.0 Å². The number of aryl methyl sites for hydroxylation is 2. The SMILES string of the molecule is CCOC(=O)CC(=O)NCc1nc(C)c(C)s1. The van der Waals surface area contributed by atoms with Crippen molar-refractivity contribution in [2.45, 2.75) is 33.7 Å². The van der Waals surface area contributed by atoms with Gasteiger partial charge in [0.15, 0.2) is 0 Å². The number of ether oxygens (including phenoxy) is 1. The predicted octanol–water partition coefficient (Wildman–Crippen LogP) is 1.33. The lowest BCUT2D eigenvalue weighted by atomic mass is 10.4. The number of nitrogens with one attached hydrogen (secondary N) is 1. The number of carbonyl (C=O) groups is 2. The standard InChI is InChI=1S/C11H16N2O3S/c1-4-16-11(15)5-9(14)12-6-10-13-7(2)8(3)17-10/h4-6H2,1-3H3,(H,12,14). The van der Waals surface area contributed by atoms with Crippen molar-refractivity contribution in [1.29, 1.82) is 0 Å². The highest BCUT2D eigenvalue weighted by Gasteiger charge is 2.11. The molecule has 0 aromatic carbocycles. The fourth-order valence-corrected chi connectivity index (χ4v) is 2.07. The van der Waals surface area contributed by atoms with E-state index in [-0.39, 0.29) is 18.9 Å². The first-order valence-electron chi connectivity index (χ1n) is 5.38. The van der Waals surface area contributed by atoms with Gasteiger partial charge < -0.3 is 10.1 Å². The van der Waals surface area contributed by atoms with E-state index in [4.69, 9.17) is 0 Å². The lowest BCUT2D eigenvalue weighted by Gasteiger charge is -2.02. The summed E-state index contributed by atoms with van der Waals surface area (Å²) in [6, 6.07) is 0. The van der Waals surface area contributed by atoms with Gasteiger partial charge in [-0.2, -0.15) is 0 Å². The summed E-state index contributed by atoms with van der Waals surface area (Å²) in [5, 5.41) is 3.48. The molecule has 1 N–H and O–H groups in total. The van der Waals surface area contributed by atoms with E-state index in [1.54, 1.807) is 18.3 Å². The summed E-state index contributed by atoms with van der Waals surface area (Å²) in [6.07, 6.45) is -0.239. The Morgan fingerprint density at radius 1 is 1.41 bits per heavy atom. The molecule has 17 heavy (non-hydrogen) atoms. The van der Waals surface area contributed by atoms with Crippen molar-refractivity contribution >= 4 is 23.2 Å². The topological polar surface area (TPSA) is 68.3 Å². The largest absolute Gasteiger partial charge is 0.466 e. The van der Waals surface area contributed by atoms with E-state index < -0.39 is 5.97 Å². The van der Waals surface area contributed by atoms with Crippen LogP contribution in [0.5, 0.6) is 0 Å². The molecule has 5 nitrogen and oxygen atoms in total. The van der Waals surface area contributed by atoms with Crippen molar-refractivity contribution in [1.82, 2.24) is 10.3 Å². The van der Waals surface area contributed by atoms with Crippen molar-refractivity contribution in [2.75, 3.05) is 6.61 Å². The molecule has 0 saturated heterocycles. The van der Waals surface area contributed by atoms with Crippen LogP contribution in [0.1, 0.15) is 28.9 Å². The van der Waals surface area contributed by atoms with E-state index in [9.17, 15) is 9.59 Å². The number of amides is 1. The Balaban J connectivity index is 2.35. The summed E-state index contributed by atoms with van der Waals surface area (Å²) in [5.74, 6) is -0.842. The van der Waals surface area contributed by atoms with Crippen LogP contribution in [0.4, 0.5) is 0 Å². The summed E-state index contributed by atoms with van der Waals surface area (Å²) in [4.78, 5) is 27.8. The molecule has 0 radical (unpaired) electrons. The molecule has 1 amide bonds. The molecular formula is C11H16N2O3S. The Hall–Kier alpha value is -1.43. The third-order valence-corrected chi connectivity index (χ3v) is 3.19. The van der Waals surface area contributed by atoms with Gasteiger partial charge >= 0.3 is 5.97 Å². The molecule has 0 atom stereocenters. The van der Waals surface area contributed by atoms with E-state index in [0.29, 0.717) is 6.54 Å². The second-order valence-electron chi connectivity index (χ2n) is 3.51. The summed E-state index contributed by atoms with van der Waals surface area (Å²) in [5.41, 5.74) is 0.977. The Morgan fingerprint density at radius 3 is 2.65 bits per heavy atom. The minimum absolute atomic E-state index is 0.239. The minimum atomic E-state index is -0.503. The Kier molecular flexibility index (Phi) is 5.09. The zero-order chi connectivity index (χ0) is 12.8. The second kappa shape index (κ2) is 6.34. The van der Waals surface area contributed by atoms with Crippen LogP contribution in [0.15, 0.2) is 0 Å². The highest BCUT2D eigenvalue weighted by atomic mass is 32.1. The normalized spacial score (nSPS) is 10.1. The second-order valence-corrected chi connectivity index (χ2v) is 4.80. The number of hydrogen-bond acceptors (Lipinski definition) is 5. The molecule has 0 spiro atoms. The Labute approximate surface area is 104 Å². The lowest BCUT2D eigenvalue weighted by molar-refractivity contribution is -0.146. The van der Waals surface area contributed by atoms with Gasteiger partial charge in [-0.1, -0.05) is 0 Å². The quantitative estimate of drug-likeness (QED) is 0.637. The van der Waals surface area contributed by atoms with Crippen LogP contribution in [-0.4, -0.2) is 23.5 Å². The highest BCUT2D eigenvalue weighted by Crippen LogP contribution is 2.15. The molecule has 0 aliphatic heterocycles. The predicted molar refractivity (Wildman–Crippen MR) is 64.7 cm³/mol. The molecule has 0 saturated carbocycles. The van der Waals surface area contributed by atoms with Gasteiger partial charge in [-0.05, 0) is 20.8 Å². The Morgan fingerprint density at radius 2 is 2.12 bits per heavy atom. The number of carbonyl (C=O) groups excluding carboxylic acids is 2. The third-order valence-electron chi connectivity index (χ3n) is 2.12. The van der Waals surface area contributed by atoms with Gasteiger partial charge in [-0.15, -0.1) is 11.3 Å². The van der Waals surface area contributed by atoms with Crippen molar-refractivity contribution in [3.63, 3.8) is 0 Å². The summed E-state index contributed by atoms with van der Waals surface area (Å²) in [6.45, 7) is 6.26. The van der Waals surface area contributed by atoms with Crippen LogP contribution in [0, 0.1) is 13.8 Å². The van der Waals surface area contributed by atoms with Gasteiger partial charge in [-0.25, -0.2) is 4.98 Å². The average molecular weight is 256 g/mol. The van der Waals surface area contributed by atoms with E-state index >= 15 is 0 Å². The van der Waals surface area contributed by atoms with Gasteiger partial charge in [0.05, 0.1) is 18.8 Å². The molecule has 1 rings (SSSR count). The minimum Gasteiger partial charge on any atom is -0.466 e. The van der Waals surface area contributed by atoms with E-state index in [0.717, 1.165) is 15.6 Å². The zero-order valence-corrected chi connectivity index (χ0v) is 11.0. The van der Waals surface area contributed by atoms with Crippen LogP contribution in [0.25, 0.3) is 0 Å². The van der Waals surface area contributed by atoms with Crippen LogP contribution in [0.2, 0.25) is 0 Å². The van der Waals surface area contributed by atoms with Gasteiger partial charge in [0.1, 0.15) is 11.4 Å². The maximum absolute atomic E-state index is 11.4. The van der Waals surface area contributed by atoms with Crippen LogP contribution >= 0.6 is 11.3 Å². The van der Waals surface area contributed by atoms with Crippen LogP contribution < -0.4 is 5.32 Å². The Bertz CT molecular complexity index is 395. The smallest absolute Gasteiger partial charge is 0.315 e. The number of rotatable bonds is 5. The molecule has 94 valence electrons. The number of thiazole rings is 1. The maximum atomic E-state index is 11.4. The maximum Gasteiger partial charge on any atom is 0.315 e. The van der Waals surface area contributed by atoms with Crippen molar-refractivity contribution in [3.05, 3.63) is 15.6 Å². The highest BCUT2D eigenvalue weighted by molar-refractivity contribution is 7.11. The van der Waals surface area contributed by atoms with Crippen LogP contribution in [-0.2, 0) is 20.9 Å². The van der Waals surface area contributed by atoms with Crippen molar-refractivity contribution in [3.8, 4) is 0 Å². The zero-order valence-electron chi connectivity index (χ0n) is 10.2. The fraction of sp³-hybridized carbons (Fsp3) is 0.545. The summed E-state index contributed by atoms with van der Waals surface area (Å²) >= 11 is 1.54. The molecule has 0 fully saturated rings. The molecular weight excluding hydrogens is 240 g/mol. The van der Waals surface area contributed by atoms with E-state index in [1.165, 1.54) is 0 Å². The molecule has 1 aromatic heterocycles. The fourth-order valence-electron chi connectivity index (χ4n) is 1.19. The molecule has 0 aliphatic carbocycles. The first kappa shape index (κ1) is 13.6. The van der Waals surface area contributed by atoms with Gasteiger partial charge in [0.25, 0.3) is 0 Å². The molecule has 1 heterocycles. The molecule has 0 bridgehead atoms. The summed E-state index contributed by atoms with van der Waals surface area (Å²) < 4.78 is 4.68. The molecule has 1 aromatic rings. The van der Waals surface area contributed by atoms with Crippen molar-refractivity contribution in [2.24, 2.45) is 0 Å². The lowest BCUT2D eigenvalue weighted by Crippen LogP contribution is -2.26. The molecule has 0 aliphatic rings. The van der Waals surface area contributed by atoms with Gasteiger partial charge in [-0.3, -0.25) is 9.59 Å².